The monoisotopic (exact) mass is 445 g/mol. The van der Waals surface area contributed by atoms with Crippen molar-refractivity contribution in [3.63, 3.8) is 0 Å². The fraction of sp³-hybridized carbons (Fsp3) is 0.684. The second kappa shape index (κ2) is 12.5. The summed E-state index contributed by atoms with van der Waals surface area (Å²) >= 11 is 0. The third-order valence-corrected chi connectivity index (χ3v) is 4.87. The van der Waals surface area contributed by atoms with Crippen molar-refractivity contribution in [3.8, 4) is 0 Å². The zero-order chi connectivity index (χ0) is 23.7. The zero-order valence-electron chi connectivity index (χ0n) is 17.5. The highest BCUT2D eigenvalue weighted by atomic mass is 16.4. The third-order valence-electron chi connectivity index (χ3n) is 4.87. The molecule has 0 saturated carbocycles. The van der Waals surface area contributed by atoms with Crippen molar-refractivity contribution in [3.05, 3.63) is 12.2 Å². The number of imide groups is 1. The minimum absolute atomic E-state index is 0.0234. The lowest BCUT2D eigenvalue weighted by Gasteiger charge is -2.28. The molecule has 0 aromatic carbocycles. The van der Waals surface area contributed by atoms with Gasteiger partial charge in [0.1, 0.15) is 24.4 Å². The Morgan fingerprint density at radius 2 is 1.58 bits per heavy atom. The maximum atomic E-state index is 12.2. The van der Waals surface area contributed by atoms with E-state index in [4.69, 9.17) is 5.11 Å². The van der Waals surface area contributed by atoms with Crippen molar-refractivity contribution in [1.29, 1.82) is 0 Å². The lowest BCUT2D eigenvalue weighted by atomic mass is 10.0. The van der Waals surface area contributed by atoms with E-state index in [2.05, 4.69) is 5.32 Å². The number of nitrogens with one attached hydrogen (secondary N) is 1. The molecule has 0 radical (unpaired) electrons. The molecule has 0 aliphatic carbocycles. The second-order valence-electron chi connectivity index (χ2n) is 7.49. The van der Waals surface area contributed by atoms with E-state index in [1.807, 2.05) is 0 Å². The fourth-order valence-electron chi connectivity index (χ4n) is 2.87. The third kappa shape index (κ3) is 8.34. The zero-order valence-corrected chi connectivity index (χ0v) is 17.5. The Labute approximate surface area is 179 Å². The van der Waals surface area contributed by atoms with Crippen LogP contribution in [0.4, 0.5) is 0 Å². The normalized spacial score (nSPS) is 18.5. The first-order valence-corrected chi connectivity index (χ1v) is 9.87. The largest absolute Gasteiger partial charge is 0.394 e. The van der Waals surface area contributed by atoms with Crippen LogP contribution in [0, 0.1) is 0 Å². The molecule has 0 spiro atoms. The Morgan fingerprint density at radius 3 is 2.13 bits per heavy atom. The first kappa shape index (κ1) is 26.7. The van der Waals surface area contributed by atoms with E-state index in [-0.39, 0.29) is 50.2 Å². The van der Waals surface area contributed by atoms with Crippen LogP contribution in [0.25, 0.3) is 0 Å². The van der Waals surface area contributed by atoms with Crippen LogP contribution in [-0.4, -0.2) is 116 Å². The first-order chi connectivity index (χ1) is 14.5. The van der Waals surface area contributed by atoms with Gasteiger partial charge in [-0.1, -0.05) is 0 Å². The first-order valence-electron chi connectivity index (χ1n) is 9.87. The van der Waals surface area contributed by atoms with Crippen LogP contribution in [-0.2, 0) is 19.2 Å². The van der Waals surface area contributed by atoms with Crippen molar-refractivity contribution < 1.29 is 44.7 Å². The van der Waals surface area contributed by atoms with Gasteiger partial charge in [0.25, 0.3) is 11.8 Å². The molecule has 176 valence electrons. The van der Waals surface area contributed by atoms with Crippen molar-refractivity contribution in [2.24, 2.45) is 0 Å². The van der Waals surface area contributed by atoms with Gasteiger partial charge in [0, 0.05) is 51.2 Å². The number of amides is 4. The molecule has 4 amide bonds. The van der Waals surface area contributed by atoms with Crippen molar-refractivity contribution in [1.82, 2.24) is 15.1 Å². The molecule has 6 N–H and O–H groups in total. The van der Waals surface area contributed by atoms with Crippen molar-refractivity contribution in [2.75, 3.05) is 26.7 Å². The molecular weight excluding hydrogens is 414 g/mol. The number of nitrogens with zero attached hydrogens (tertiary/aromatic N) is 2. The SMILES string of the molecule is CC(CCC(=O)N(C)CC(O)C(O)C(O)C(O)CO)NC(=O)CCN1C(=O)C=CC1=O. The summed E-state index contributed by atoms with van der Waals surface area (Å²) in [5.74, 6) is -1.70. The molecule has 5 unspecified atom stereocenters. The quantitative estimate of drug-likeness (QED) is 0.156. The molecule has 0 aromatic rings. The van der Waals surface area contributed by atoms with Gasteiger partial charge in [-0.05, 0) is 13.3 Å². The Balaban J connectivity index is 2.34. The summed E-state index contributed by atoms with van der Waals surface area (Å²) in [4.78, 5) is 49.1. The highest BCUT2D eigenvalue weighted by molar-refractivity contribution is 6.13. The number of likely N-dealkylation sites (N-methyl/N-ethyl adjacent to an activating group) is 1. The molecule has 12 heteroatoms. The Hall–Kier alpha value is -2.38. The lowest BCUT2D eigenvalue weighted by Crippen LogP contribution is -2.50. The Bertz CT molecular complexity index is 667. The molecule has 0 saturated heterocycles. The van der Waals surface area contributed by atoms with Gasteiger partial charge in [0.2, 0.25) is 11.8 Å². The van der Waals surface area contributed by atoms with E-state index in [1.165, 1.54) is 7.05 Å². The van der Waals surface area contributed by atoms with Gasteiger partial charge >= 0.3 is 0 Å². The van der Waals surface area contributed by atoms with E-state index in [0.717, 1.165) is 22.0 Å². The van der Waals surface area contributed by atoms with Crippen molar-refractivity contribution in [2.45, 2.75) is 56.6 Å². The smallest absolute Gasteiger partial charge is 0.253 e. The Kier molecular flexibility index (Phi) is 10.7. The highest BCUT2D eigenvalue weighted by Crippen LogP contribution is 2.09. The van der Waals surface area contributed by atoms with E-state index in [9.17, 15) is 39.6 Å². The topological polar surface area (TPSA) is 188 Å². The van der Waals surface area contributed by atoms with Gasteiger partial charge in [0.05, 0.1) is 6.61 Å². The standard InChI is InChI=1S/C19H31N3O9/c1-11(20-14(26)7-8-22-16(28)5-6-17(22)29)3-4-15(27)21(2)9-12(24)18(30)19(31)13(25)10-23/h5-6,11-13,18-19,23-25,30-31H,3-4,7-10H2,1-2H3,(H,20,26). The number of hydrogen-bond acceptors (Lipinski definition) is 9. The molecule has 12 nitrogen and oxygen atoms in total. The van der Waals surface area contributed by atoms with Crippen LogP contribution in [0.3, 0.4) is 0 Å². The predicted octanol–water partition coefficient (Wildman–Crippen LogP) is -3.52. The molecule has 0 fully saturated rings. The summed E-state index contributed by atoms with van der Waals surface area (Å²) in [6, 6.07) is -0.370. The molecule has 1 aliphatic heterocycles. The Morgan fingerprint density at radius 1 is 1.03 bits per heavy atom. The number of carbonyl (C=O) groups is 4. The van der Waals surface area contributed by atoms with Gasteiger partial charge in [-0.15, -0.1) is 0 Å². The summed E-state index contributed by atoms with van der Waals surface area (Å²) in [7, 11) is 1.38. The molecule has 1 aliphatic rings. The summed E-state index contributed by atoms with van der Waals surface area (Å²) in [5, 5.41) is 50.1. The van der Waals surface area contributed by atoms with Crippen LogP contribution in [0.15, 0.2) is 12.2 Å². The van der Waals surface area contributed by atoms with E-state index in [1.54, 1.807) is 6.92 Å². The van der Waals surface area contributed by atoms with Gasteiger partial charge in [-0.25, -0.2) is 0 Å². The molecule has 0 aromatic heterocycles. The lowest BCUT2D eigenvalue weighted by molar-refractivity contribution is -0.139. The minimum atomic E-state index is -1.78. The van der Waals surface area contributed by atoms with Crippen LogP contribution in [0.5, 0.6) is 0 Å². The number of aliphatic hydroxyl groups excluding tert-OH is 5. The number of carbonyl (C=O) groups excluding carboxylic acids is 4. The number of hydrogen-bond donors (Lipinski definition) is 6. The average molecular weight is 445 g/mol. The molecule has 0 bridgehead atoms. The van der Waals surface area contributed by atoms with Gasteiger partial charge < -0.3 is 35.7 Å². The summed E-state index contributed by atoms with van der Waals surface area (Å²) in [6.07, 6.45) is -4.21. The molecular formula is C19H31N3O9. The summed E-state index contributed by atoms with van der Waals surface area (Å²) < 4.78 is 0. The number of aliphatic hydroxyl groups is 5. The van der Waals surface area contributed by atoms with Crippen LogP contribution < -0.4 is 5.32 Å². The van der Waals surface area contributed by atoms with Gasteiger partial charge in [0.15, 0.2) is 0 Å². The van der Waals surface area contributed by atoms with E-state index < -0.39 is 42.8 Å². The molecule has 31 heavy (non-hydrogen) atoms. The van der Waals surface area contributed by atoms with E-state index in [0.29, 0.717) is 0 Å². The van der Waals surface area contributed by atoms with Crippen LogP contribution in [0.2, 0.25) is 0 Å². The average Bonchev–Trinajstić information content (AvgIpc) is 3.05. The molecule has 5 atom stereocenters. The summed E-state index contributed by atoms with van der Waals surface area (Å²) in [5.41, 5.74) is 0. The number of rotatable bonds is 13. The predicted molar refractivity (Wildman–Crippen MR) is 106 cm³/mol. The minimum Gasteiger partial charge on any atom is -0.394 e. The maximum absolute atomic E-state index is 12.2. The highest BCUT2D eigenvalue weighted by Gasteiger charge is 2.31. The summed E-state index contributed by atoms with van der Waals surface area (Å²) in [6.45, 7) is 0.527. The fourth-order valence-corrected chi connectivity index (χ4v) is 2.87. The van der Waals surface area contributed by atoms with Crippen molar-refractivity contribution >= 4 is 23.6 Å². The molecule has 1 rings (SSSR count). The molecule has 1 heterocycles. The van der Waals surface area contributed by atoms with Crippen LogP contribution in [0.1, 0.15) is 26.2 Å². The van der Waals surface area contributed by atoms with Gasteiger partial charge in [-0.3, -0.25) is 24.1 Å². The van der Waals surface area contributed by atoms with E-state index >= 15 is 0 Å². The second-order valence-corrected chi connectivity index (χ2v) is 7.49. The maximum Gasteiger partial charge on any atom is 0.253 e. The van der Waals surface area contributed by atoms with Gasteiger partial charge in [-0.2, -0.15) is 0 Å². The van der Waals surface area contributed by atoms with Crippen LogP contribution >= 0.6 is 0 Å².